The summed E-state index contributed by atoms with van der Waals surface area (Å²) < 4.78 is 5.80. The molecule has 1 fully saturated rings. The number of ether oxygens (including phenoxy) is 1. The SMILES string of the molecule is CN(C)C[C@@H]1CN(c2ncnc3[nH]ccc23)CCO1. The van der Waals surface area contributed by atoms with Crippen LogP contribution in [-0.4, -0.2) is 66.3 Å². The van der Waals surface area contributed by atoms with Crippen LogP contribution in [-0.2, 0) is 4.74 Å². The molecule has 1 atom stereocenters. The molecule has 1 aliphatic rings. The van der Waals surface area contributed by atoms with Gasteiger partial charge in [-0.05, 0) is 20.2 Å². The van der Waals surface area contributed by atoms with E-state index in [-0.39, 0.29) is 6.10 Å². The van der Waals surface area contributed by atoms with Crippen molar-refractivity contribution >= 4 is 16.9 Å². The molecule has 1 N–H and O–H groups in total. The van der Waals surface area contributed by atoms with Crippen molar-refractivity contribution in [3.63, 3.8) is 0 Å². The standard InChI is InChI=1S/C13H19N5O/c1-17(2)7-10-8-18(5-6-19-10)13-11-3-4-14-12(11)15-9-16-13/h3-4,9-10H,5-8H2,1-2H3,(H,14,15,16)/t10-/m1/s1. The predicted octanol–water partition coefficient (Wildman–Crippen LogP) is 0.725. The van der Waals surface area contributed by atoms with Crippen molar-refractivity contribution in [2.45, 2.75) is 6.10 Å². The van der Waals surface area contributed by atoms with E-state index in [1.807, 2.05) is 12.3 Å². The number of hydrogen-bond acceptors (Lipinski definition) is 5. The van der Waals surface area contributed by atoms with Crippen LogP contribution in [0.25, 0.3) is 11.0 Å². The van der Waals surface area contributed by atoms with Crippen LogP contribution < -0.4 is 4.90 Å². The lowest BCUT2D eigenvalue weighted by Gasteiger charge is -2.35. The second-order valence-corrected chi connectivity index (χ2v) is 5.14. The molecule has 19 heavy (non-hydrogen) atoms. The molecule has 1 aliphatic heterocycles. The molecule has 2 aromatic heterocycles. The average molecular weight is 261 g/mol. The molecule has 0 spiro atoms. The number of likely N-dealkylation sites (N-methyl/N-ethyl adjacent to an activating group) is 1. The molecule has 0 bridgehead atoms. The van der Waals surface area contributed by atoms with Gasteiger partial charge in [0.2, 0.25) is 0 Å². The maximum Gasteiger partial charge on any atom is 0.142 e. The number of aromatic amines is 1. The molecule has 0 unspecified atom stereocenters. The summed E-state index contributed by atoms with van der Waals surface area (Å²) in [5.41, 5.74) is 0.889. The van der Waals surface area contributed by atoms with E-state index in [0.29, 0.717) is 0 Å². The van der Waals surface area contributed by atoms with Crippen molar-refractivity contribution in [1.82, 2.24) is 19.9 Å². The van der Waals surface area contributed by atoms with E-state index >= 15 is 0 Å². The number of nitrogens with zero attached hydrogens (tertiary/aromatic N) is 4. The summed E-state index contributed by atoms with van der Waals surface area (Å²) in [6.07, 6.45) is 3.75. The quantitative estimate of drug-likeness (QED) is 0.882. The monoisotopic (exact) mass is 261 g/mol. The highest BCUT2D eigenvalue weighted by atomic mass is 16.5. The van der Waals surface area contributed by atoms with Crippen LogP contribution in [0.5, 0.6) is 0 Å². The van der Waals surface area contributed by atoms with Gasteiger partial charge in [0.1, 0.15) is 17.8 Å². The largest absolute Gasteiger partial charge is 0.373 e. The van der Waals surface area contributed by atoms with Crippen LogP contribution >= 0.6 is 0 Å². The second-order valence-electron chi connectivity index (χ2n) is 5.14. The number of morpholine rings is 1. The van der Waals surface area contributed by atoms with Gasteiger partial charge in [-0.2, -0.15) is 0 Å². The Morgan fingerprint density at radius 1 is 1.47 bits per heavy atom. The zero-order chi connectivity index (χ0) is 13.2. The maximum absolute atomic E-state index is 5.80. The topological polar surface area (TPSA) is 57.3 Å². The summed E-state index contributed by atoms with van der Waals surface area (Å²) in [4.78, 5) is 16.2. The molecule has 2 aromatic rings. The Morgan fingerprint density at radius 3 is 3.21 bits per heavy atom. The van der Waals surface area contributed by atoms with Gasteiger partial charge in [-0.15, -0.1) is 0 Å². The first-order valence-electron chi connectivity index (χ1n) is 6.53. The van der Waals surface area contributed by atoms with Crippen LogP contribution in [0.2, 0.25) is 0 Å². The van der Waals surface area contributed by atoms with Crippen molar-refractivity contribution < 1.29 is 4.74 Å². The Bertz CT molecular complexity index is 553. The van der Waals surface area contributed by atoms with Crippen molar-refractivity contribution in [3.8, 4) is 0 Å². The van der Waals surface area contributed by atoms with Gasteiger partial charge in [-0.1, -0.05) is 0 Å². The molecular weight excluding hydrogens is 242 g/mol. The van der Waals surface area contributed by atoms with Gasteiger partial charge in [-0.3, -0.25) is 0 Å². The first-order valence-corrected chi connectivity index (χ1v) is 6.53. The lowest BCUT2D eigenvalue weighted by molar-refractivity contribution is 0.0246. The summed E-state index contributed by atoms with van der Waals surface area (Å²) in [5.74, 6) is 0.998. The number of fused-ring (bicyclic) bond motifs is 1. The smallest absolute Gasteiger partial charge is 0.142 e. The van der Waals surface area contributed by atoms with E-state index in [2.05, 4.69) is 38.8 Å². The summed E-state index contributed by atoms with van der Waals surface area (Å²) in [6.45, 7) is 3.42. The van der Waals surface area contributed by atoms with Gasteiger partial charge in [0.25, 0.3) is 0 Å². The van der Waals surface area contributed by atoms with Crippen molar-refractivity contribution in [3.05, 3.63) is 18.6 Å². The van der Waals surface area contributed by atoms with Gasteiger partial charge in [-0.25, -0.2) is 9.97 Å². The number of nitrogens with one attached hydrogen (secondary N) is 1. The third-order valence-electron chi connectivity index (χ3n) is 3.34. The number of aromatic nitrogens is 3. The molecule has 3 heterocycles. The third kappa shape index (κ3) is 2.54. The van der Waals surface area contributed by atoms with E-state index in [9.17, 15) is 0 Å². The maximum atomic E-state index is 5.80. The molecule has 0 aliphatic carbocycles. The van der Waals surface area contributed by atoms with Crippen LogP contribution in [0.3, 0.4) is 0 Å². The second kappa shape index (κ2) is 5.14. The van der Waals surface area contributed by atoms with E-state index in [1.54, 1.807) is 6.33 Å². The minimum Gasteiger partial charge on any atom is -0.373 e. The van der Waals surface area contributed by atoms with Crippen LogP contribution in [0.1, 0.15) is 0 Å². The molecule has 3 rings (SSSR count). The number of rotatable bonds is 3. The zero-order valence-corrected chi connectivity index (χ0v) is 11.3. The molecule has 102 valence electrons. The fraction of sp³-hybridized carbons (Fsp3) is 0.538. The molecule has 0 amide bonds. The lowest BCUT2D eigenvalue weighted by Crippen LogP contribution is -2.46. The third-order valence-corrected chi connectivity index (χ3v) is 3.34. The van der Waals surface area contributed by atoms with Crippen molar-refractivity contribution in [2.75, 3.05) is 45.2 Å². The fourth-order valence-electron chi connectivity index (χ4n) is 2.54. The van der Waals surface area contributed by atoms with E-state index in [4.69, 9.17) is 4.74 Å². The summed E-state index contributed by atoms with van der Waals surface area (Å²) in [7, 11) is 4.13. The van der Waals surface area contributed by atoms with Gasteiger partial charge in [0.15, 0.2) is 0 Å². The summed E-state index contributed by atoms with van der Waals surface area (Å²) in [6, 6.07) is 2.03. The Balaban J connectivity index is 1.83. The number of hydrogen-bond donors (Lipinski definition) is 1. The van der Waals surface area contributed by atoms with E-state index < -0.39 is 0 Å². The highest BCUT2D eigenvalue weighted by Crippen LogP contribution is 2.23. The first-order chi connectivity index (χ1) is 9.24. The highest BCUT2D eigenvalue weighted by Gasteiger charge is 2.23. The number of anilines is 1. The van der Waals surface area contributed by atoms with Gasteiger partial charge in [0.05, 0.1) is 18.1 Å². The summed E-state index contributed by atoms with van der Waals surface area (Å²) >= 11 is 0. The molecule has 0 aromatic carbocycles. The highest BCUT2D eigenvalue weighted by molar-refractivity contribution is 5.87. The van der Waals surface area contributed by atoms with E-state index in [1.165, 1.54) is 0 Å². The average Bonchev–Trinajstić information content (AvgIpc) is 2.86. The molecule has 1 saturated heterocycles. The lowest BCUT2D eigenvalue weighted by atomic mass is 10.2. The minimum atomic E-state index is 0.229. The van der Waals surface area contributed by atoms with Crippen LogP contribution in [0.15, 0.2) is 18.6 Å². The van der Waals surface area contributed by atoms with Crippen molar-refractivity contribution in [1.29, 1.82) is 0 Å². The normalized spacial score (nSPS) is 20.4. The van der Waals surface area contributed by atoms with Crippen molar-refractivity contribution in [2.24, 2.45) is 0 Å². The Labute approximate surface area is 112 Å². The fourth-order valence-corrected chi connectivity index (χ4v) is 2.54. The van der Waals surface area contributed by atoms with Gasteiger partial charge in [0, 0.05) is 25.8 Å². The molecule has 0 radical (unpaired) electrons. The Hall–Kier alpha value is -1.66. The molecule has 6 heteroatoms. The van der Waals surface area contributed by atoms with E-state index in [0.717, 1.165) is 43.1 Å². The molecule has 6 nitrogen and oxygen atoms in total. The summed E-state index contributed by atoms with van der Waals surface area (Å²) in [5, 5.41) is 1.08. The Kier molecular flexibility index (Phi) is 3.35. The first kappa shape index (κ1) is 12.4. The molecule has 0 saturated carbocycles. The van der Waals surface area contributed by atoms with Crippen LogP contribution in [0.4, 0.5) is 5.82 Å². The minimum absolute atomic E-state index is 0.229. The molecular formula is C13H19N5O. The van der Waals surface area contributed by atoms with Crippen LogP contribution in [0, 0.1) is 0 Å². The number of H-pyrrole nitrogens is 1. The predicted molar refractivity (Wildman–Crippen MR) is 74.4 cm³/mol. The Morgan fingerprint density at radius 2 is 2.37 bits per heavy atom. The van der Waals surface area contributed by atoms with Gasteiger partial charge >= 0.3 is 0 Å². The van der Waals surface area contributed by atoms with Gasteiger partial charge < -0.3 is 19.5 Å². The zero-order valence-electron chi connectivity index (χ0n) is 11.3.